The zero-order chi connectivity index (χ0) is 15.2. The predicted molar refractivity (Wildman–Crippen MR) is 74.8 cm³/mol. The fourth-order valence-corrected chi connectivity index (χ4v) is 2.41. The molecule has 116 valence electrons. The molecule has 0 aromatic heterocycles. The lowest BCUT2D eigenvalue weighted by molar-refractivity contribution is -0.385. The largest absolute Gasteiger partial charge is 0.385 e. The Labute approximate surface area is 121 Å². The summed E-state index contributed by atoms with van der Waals surface area (Å²) in [4.78, 5) is 9.96. The first-order valence-electron chi connectivity index (χ1n) is 7.00. The first kappa shape index (κ1) is 15.6. The number of ether oxygens (including phenoxy) is 1. The Balaban J connectivity index is 1.96. The maximum absolute atomic E-state index is 13.0. The second-order valence-electron chi connectivity index (χ2n) is 5.03. The fraction of sp³-hybridized carbons (Fsp3) is 0.571. The van der Waals surface area contributed by atoms with E-state index in [0.29, 0.717) is 6.54 Å². The number of nitro benzene ring substituents is 1. The van der Waals surface area contributed by atoms with Gasteiger partial charge in [0.25, 0.3) is 12.1 Å². The number of benzene rings is 1. The second-order valence-corrected chi connectivity index (χ2v) is 5.03. The Morgan fingerprint density at radius 3 is 2.86 bits per heavy atom. The Kier molecular flexibility index (Phi) is 5.44. The molecule has 0 bridgehead atoms. The van der Waals surface area contributed by atoms with Crippen LogP contribution >= 0.6 is 0 Å². The zero-order valence-corrected chi connectivity index (χ0v) is 11.6. The SMILES string of the molecule is O=[N+]([O-])c1ccc(NCCC2CCCCO2)c(C(F)F)c1. The van der Waals surface area contributed by atoms with Crippen LogP contribution in [0.15, 0.2) is 18.2 Å². The lowest BCUT2D eigenvalue weighted by Crippen LogP contribution is -2.22. The van der Waals surface area contributed by atoms with Crippen molar-refractivity contribution in [3.8, 4) is 0 Å². The van der Waals surface area contributed by atoms with Gasteiger partial charge in [0, 0.05) is 36.5 Å². The third-order valence-electron chi connectivity index (χ3n) is 3.54. The van der Waals surface area contributed by atoms with Crippen molar-refractivity contribution in [1.29, 1.82) is 0 Å². The van der Waals surface area contributed by atoms with Crippen molar-refractivity contribution in [3.05, 3.63) is 33.9 Å². The Morgan fingerprint density at radius 1 is 1.43 bits per heavy atom. The quantitative estimate of drug-likeness (QED) is 0.639. The second kappa shape index (κ2) is 7.31. The summed E-state index contributed by atoms with van der Waals surface area (Å²) in [5.74, 6) is 0. The van der Waals surface area contributed by atoms with Gasteiger partial charge in [-0.2, -0.15) is 0 Å². The molecule has 0 amide bonds. The molecule has 0 aliphatic carbocycles. The van der Waals surface area contributed by atoms with Gasteiger partial charge in [0.2, 0.25) is 0 Å². The van der Waals surface area contributed by atoms with Gasteiger partial charge in [-0.15, -0.1) is 0 Å². The number of rotatable bonds is 6. The molecule has 7 heteroatoms. The van der Waals surface area contributed by atoms with Crippen molar-refractivity contribution < 1.29 is 18.4 Å². The minimum Gasteiger partial charge on any atom is -0.385 e. The molecule has 1 unspecified atom stereocenters. The van der Waals surface area contributed by atoms with E-state index in [1.165, 1.54) is 12.1 Å². The summed E-state index contributed by atoms with van der Waals surface area (Å²) in [6.07, 6.45) is 1.34. The minimum atomic E-state index is -2.75. The highest BCUT2D eigenvalue weighted by Crippen LogP contribution is 2.30. The standard InChI is InChI=1S/C14H18F2N2O3/c15-14(16)12-9-10(18(19)20)4-5-13(12)17-7-6-11-3-1-2-8-21-11/h4-5,9,11,14,17H,1-3,6-8H2. The molecular weight excluding hydrogens is 282 g/mol. The van der Waals surface area contributed by atoms with Crippen LogP contribution in [0.3, 0.4) is 0 Å². The monoisotopic (exact) mass is 300 g/mol. The molecule has 2 rings (SSSR count). The molecule has 0 radical (unpaired) electrons. The van der Waals surface area contributed by atoms with Gasteiger partial charge in [0.05, 0.1) is 11.0 Å². The van der Waals surface area contributed by atoms with Gasteiger partial charge < -0.3 is 10.1 Å². The van der Waals surface area contributed by atoms with Crippen LogP contribution in [0.2, 0.25) is 0 Å². The van der Waals surface area contributed by atoms with E-state index < -0.39 is 11.3 Å². The summed E-state index contributed by atoms with van der Waals surface area (Å²) in [5, 5.41) is 13.6. The highest BCUT2D eigenvalue weighted by Gasteiger charge is 2.18. The van der Waals surface area contributed by atoms with Crippen LogP contribution in [-0.4, -0.2) is 24.2 Å². The fourth-order valence-electron chi connectivity index (χ4n) is 2.41. The molecule has 5 nitrogen and oxygen atoms in total. The summed E-state index contributed by atoms with van der Waals surface area (Å²) < 4.78 is 31.5. The number of nitrogens with one attached hydrogen (secondary N) is 1. The average molecular weight is 300 g/mol. The van der Waals surface area contributed by atoms with E-state index in [2.05, 4.69) is 5.32 Å². The van der Waals surface area contributed by atoms with Gasteiger partial charge in [-0.1, -0.05) is 0 Å². The van der Waals surface area contributed by atoms with E-state index in [0.717, 1.165) is 38.4 Å². The maximum Gasteiger partial charge on any atom is 0.270 e. The van der Waals surface area contributed by atoms with E-state index in [-0.39, 0.29) is 23.0 Å². The molecule has 1 aromatic rings. The number of alkyl halides is 2. The van der Waals surface area contributed by atoms with Crippen molar-refractivity contribution in [1.82, 2.24) is 0 Å². The number of anilines is 1. The van der Waals surface area contributed by atoms with Crippen LogP contribution in [0, 0.1) is 10.1 Å². The molecule has 1 saturated heterocycles. The first-order chi connectivity index (χ1) is 10.1. The van der Waals surface area contributed by atoms with Gasteiger partial charge in [0.15, 0.2) is 0 Å². The van der Waals surface area contributed by atoms with Crippen LogP contribution in [0.5, 0.6) is 0 Å². The van der Waals surface area contributed by atoms with E-state index in [1.807, 2.05) is 0 Å². The average Bonchev–Trinajstić information content (AvgIpc) is 2.48. The lowest BCUT2D eigenvalue weighted by Gasteiger charge is -2.23. The molecule has 1 aliphatic rings. The molecule has 1 aliphatic heterocycles. The van der Waals surface area contributed by atoms with Gasteiger partial charge >= 0.3 is 0 Å². The Bertz CT molecular complexity index is 491. The van der Waals surface area contributed by atoms with Crippen LogP contribution < -0.4 is 5.32 Å². The van der Waals surface area contributed by atoms with Crippen LogP contribution in [-0.2, 0) is 4.74 Å². The summed E-state index contributed by atoms with van der Waals surface area (Å²) >= 11 is 0. The summed E-state index contributed by atoms with van der Waals surface area (Å²) in [6, 6.07) is 3.48. The van der Waals surface area contributed by atoms with Crippen molar-refractivity contribution in [3.63, 3.8) is 0 Å². The molecule has 1 heterocycles. The van der Waals surface area contributed by atoms with Gasteiger partial charge in [-0.3, -0.25) is 10.1 Å². The highest BCUT2D eigenvalue weighted by molar-refractivity contribution is 5.56. The summed E-state index contributed by atoms with van der Waals surface area (Å²) in [6.45, 7) is 1.26. The number of hydrogen-bond donors (Lipinski definition) is 1. The number of halogens is 2. The molecule has 1 N–H and O–H groups in total. The van der Waals surface area contributed by atoms with Crippen LogP contribution in [0.25, 0.3) is 0 Å². The van der Waals surface area contributed by atoms with Gasteiger partial charge in [-0.25, -0.2) is 8.78 Å². The third-order valence-corrected chi connectivity index (χ3v) is 3.54. The lowest BCUT2D eigenvalue weighted by atomic mass is 10.1. The molecule has 1 fully saturated rings. The molecule has 0 spiro atoms. The van der Waals surface area contributed by atoms with Crippen molar-refractivity contribution >= 4 is 11.4 Å². The van der Waals surface area contributed by atoms with E-state index in [1.54, 1.807) is 0 Å². The third kappa shape index (κ3) is 4.35. The van der Waals surface area contributed by atoms with E-state index in [4.69, 9.17) is 4.74 Å². The van der Waals surface area contributed by atoms with Crippen molar-refractivity contribution in [2.45, 2.75) is 38.2 Å². The molecule has 1 aromatic carbocycles. The Morgan fingerprint density at radius 2 is 2.24 bits per heavy atom. The summed E-state index contributed by atoms with van der Waals surface area (Å²) in [5.41, 5.74) is -0.424. The number of nitro groups is 1. The van der Waals surface area contributed by atoms with Gasteiger partial charge in [-0.05, 0) is 31.7 Å². The van der Waals surface area contributed by atoms with E-state index >= 15 is 0 Å². The zero-order valence-electron chi connectivity index (χ0n) is 11.6. The smallest absolute Gasteiger partial charge is 0.270 e. The van der Waals surface area contributed by atoms with E-state index in [9.17, 15) is 18.9 Å². The number of hydrogen-bond acceptors (Lipinski definition) is 4. The number of non-ortho nitro benzene ring substituents is 1. The molecular formula is C14H18F2N2O3. The topological polar surface area (TPSA) is 64.4 Å². The van der Waals surface area contributed by atoms with Crippen LogP contribution in [0.4, 0.5) is 20.2 Å². The highest BCUT2D eigenvalue weighted by atomic mass is 19.3. The normalized spacial score (nSPS) is 18.7. The predicted octanol–water partition coefficient (Wildman–Crippen LogP) is 3.90. The number of nitrogens with zero attached hydrogens (tertiary/aromatic N) is 1. The molecule has 0 saturated carbocycles. The Hall–Kier alpha value is -1.76. The van der Waals surface area contributed by atoms with Crippen LogP contribution in [0.1, 0.15) is 37.7 Å². The molecule has 21 heavy (non-hydrogen) atoms. The minimum absolute atomic E-state index is 0.166. The van der Waals surface area contributed by atoms with Gasteiger partial charge in [0.1, 0.15) is 0 Å². The summed E-state index contributed by atoms with van der Waals surface area (Å²) in [7, 11) is 0. The first-order valence-corrected chi connectivity index (χ1v) is 7.00. The van der Waals surface area contributed by atoms with Crippen molar-refractivity contribution in [2.24, 2.45) is 0 Å². The molecule has 1 atom stereocenters. The van der Waals surface area contributed by atoms with Crippen molar-refractivity contribution in [2.75, 3.05) is 18.5 Å². The maximum atomic E-state index is 13.0.